The Morgan fingerprint density at radius 3 is 2.37 bits per heavy atom. The average molecular weight is 265 g/mol. The molecule has 0 fully saturated rings. The maximum atomic E-state index is 11.6. The summed E-state index contributed by atoms with van der Waals surface area (Å²) in [5, 5.41) is 11.2. The zero-order valence-electron chi connectivity index (χ0n) is 11.0. The maximum absolute atomic E-state index is 11.6. The monoisotopic (exact) mass is 265 g/mol. The summed E-state index contributed by atoms with van der Waals surface area (Å²) < 4.78 is 5.30. The highest BCUT2D eigenvalue weighted by molar-refractivity contribution is 5.90. The van der Waals surface area contributed by atoms with Crippen molar-refractivity contribution in [2.24, 2.45) is 0 Å². The molecule has 0 bridgehead atoms. The lowest BCUT2D eigenvalue weighted by molar-refractivity contribution is -0.137. The Kier molecular flexibility index (Phi) is 6.43. The molecule has 0 saturated carbocycles. The average Bonchev–Trinajstić information content (AvgIpc) is 2.37. The molecule has 0 aliphatic carbocycles. The molecule has 0 aromatic heterocycles. The van der Waals surface area contributed by atoms with Crippen LogP contribution in [0, 0.1) is 0 Å². The van der Waals surface area contributed by atoms with E-state index in [2.05, 4.69) is 5.32 Å². The number of carbonyl (C=O) groups excluding carboxylic acids is 1. The molecular weight excluding hydrogens is 246 g/mol. The van der Waals surface area contributed by atoms with Crippen LogP contribution in [0.5, 0.6) is 5.75 Å². The minimum Gasteiger partial charge on any atom is -0.494 e. The standard InChI is InChI=1S/C14H19NO4/c1-2-19-12-9-7-11(8-10-12)15-13(16)5-3-4-6-14(17)18/h7-10H,2-6H2,1H3,(H,15,16)(H,17,18). The Hall–Kier alpha value is -2.04. The van der Waals surface area contributed by atoms with Gasteiger partial charge in [-0.25, -0.2) is 0 Å². The Labute approximate surface area is 112 Å². The van der Waals surface area contributed by atoms with Crippen LogP contribution in [0.3, 0.4) is 0 Å². The first-order chi connectivity index (χ1) is 9.11. The van der Waals surface area contributed by atoms with Crippen molar-refractivity contribution in [2.75, 3.05) is 11.9 Å². The van der Waals surface area contributed by atoms with Gasteiger partial charge >= 0.3 is 5.97 Å². The van der Waals surface area contributed by atoms with Crippen LogP contribution in [0.15, 0.2) is 24.3 Å². The molecule has 0 saturated heterocycles. The molecule has 1 rings (SSSR count). The number of carboxylic acids is 1. The van der Waals surface area contributed by atoms with Gasteiger partial charge in [-0.15, -0.1) is 0 Å². The van der Waals surface area contributed by atoms with Crippen LogP contribution < -0.4 is 10.1 Å². The maximum Gasteiger partial charge on any atom is 0.303 e. The third-order valence-electron chi connectivity index (χ3n) is 2.49. The van der Waals surface area contributed by atoms with Crippen LogP contribution in [0.4, 0.5) is 5.69 Å². The summed E-state index contributed by atoms with van der Waals surface area (Å²) in [5.41, 5.74) is 0.715. The molecule has 5 heteroatoms. The number of hydrogen-bond acceptors (Lipinski definition) is 3. The van der Waals surface area contributed by atoms with Crippen molar-refractivity contribution in [1.82, 2.24) is 0 Å². The van der Waals surface area contributed by atoms with E-state index in [1.54, 1.807) is 24.3 Å². The summed E-state index contributed by atoms with van der Waals surface area (Å²) >= 11 is 0. The summed E-state index contributed by atoms with van der Waals surface area (Å²) in [6, 6.07) is 7.15. The molecule has 0 radical (unpaired) electrons. The molecule has 1 amide bonds. The summed E-state index contributed by atoms with van der Waals surface area (Å²) in [6.45, 7) is 2.52. The Bertz CT molecular complexity index is 414. The zero-order valence-corrected chi connectivity index (χ0v) is 11.0. The predicted molar refractivity (Wildman–Crippen MR) is 72.3 cm³/mol. The largest absolute Gasteiger partial charge is 0.494 e. The van der Waals surface area contributed by atoms with Gasteiger partial charge < -0.3 is 15.2 Å². The summed E-state index contributed by atoms with van der Waals surface area (Å²) in [4.78, 5) is 21.9. The van der Waals surface area contributed by atoms with Crippen LogP contribution in [-0.4, -0.2) is 23.6 Å². The van der Waals surface area contributed by atoms with Gasteiger partial charge in [0, 0.05) is 18.5 Å². The first kappa shape index (κ1) is 15.0. The highest BCUT2D eigenvalue weighted by atomic mass is 16.5. The number of rotatable bonds is 8. The molecule has 0 unspecified atom stereocenters. The van der Waals surface area contributed by atoms with Crippen molar-refractivity contribution in [2.45, 2.75) is 32.6 Å². The molecule has 104 valence electrons. The molecule has 1 aromatic rings. The zero-order chi connectivity index (χ0) is 14.1. The highest BCUT2D eigenvalue weighted by Crippen LogP contribution is 2.16. The number of carbonyl (C=O) groups is 2. The fourth-order valence-electron chi connectivity index (χ4n) is 1.59. The first-order valence-electron chi connectivity index (χ1n) is 6.36. The van der Waals surface area contributed by atoms with Crippen LogP contribution in [0.25, 0.3) is 0 Å². The quantitative estimate of drug-likeness (QED) is 0.708. The molecular formula is C14H19NO4. The van der Waals surface area contributed by atoms with Gasteiger partial charge in [0.2, 0.25) is 5.91 Å². The lowest BCUT2D eigenvalue weighted by Crippen LogP contribution is -2.11. The van der Waals surface area contributed by atoms with Crippen LogP contribution in [0.2, 0.25) is 0 Å². The number of ether oxygens (including phenoxy) is 1. The van der Waals surface area contributed by atoms with Gasteiger partial charge in [-0.3, -0.25) is 9.59 Å². The third kappa shape index (κ3) is 6.45. The molecule has 0 spiro atoms. The number of carboxylic acid groups (broad SMARTS) is 1. The number of benzene rings is 1. The van der Waals surface area contributed by atoms with Crippen molar-refractivity contribution >= 4 is 17.6 Å². The normalized spacial score (nSPS) is 9.95. The van der Waals surface area contributed by atoms with Crippen molar-refractivity contribution in [1.29, 1.82) is 0 Å². The van der Waals surface area contributed by atoms with E-state index < -0.39 is 5.97 Å². The fourth-order valence-corrected chi connectivity index (χ4v) is 1.59. The molecule has 1 aromatic carbocycles. The second-order valence-corrected chi connectivity index (χ2v) is 4.11. The summed E-state index contributed by atoms with van der Waals surface area (Å²) in [5.74, 6) is -0.163. The third-order valence-corrected chi connectivity index (χ3v) is 2.49. The van der Waals surface area contributed by atoms with E-state index in [4.69, 9.17) is 9.84 Å². The van der Waals surface area contributed by atoms with Gasteiger partial charge in [0.25, 0.3) is 0 Å². The van der Waals surface area contributed by atoms with Crippen LogP contribution in [-0.2, 0) is 9.59 Å². The first-order valence-corrected chi connectivity index (χ1v) is 6.36. The number of aliphatic carboxylic acids is 1. The van der Waals surface area contributed by atoms with Gasteiger partial charge in [-0.2, -0.15) is 0 Å². The van der Waals surface area contributed by atoms with Crippen LogP contribution >= 0.6 is 0 Å². The minimum absolute atomic E-state index is 0.102. The lowest BCUT2D eigenvalue weighted by Gasteiger charge is -2.06. The second kappa shape index (κ2) is 8.13. The van der Waals surface area contributed by atoms with Crippen molar-refractivity contribution < 1.29 is 19.4 Å². The number of nitrogens with one attached hydrogen (secondary N) is 1. The van der Waals surface area contributed by atoms with Gasteiger partial charge in [0.05, 0.1) is 6.61 Å². The lowest BCUT2D eigenvalue weighted by atomic mass is 10.2. The van der Waals surface area contributed by atoms with Gasteiger partial charge in [-0.1, -0.05) is 0 Å². The van der Waals surface area contributed by atoms with Crippen molar-refractivity contribution in [3.63, 3.8) is 0 Å². The fraction of sp³-hybridized carbons (Fsp3) is 0.429. The van der Waals surface area contributed by atoms with Crippen molar-refractivity contribution in [3.05, 3.63) is 24.3 Å². The molecule has 0 atom stereocenters. The number of anilines is 1. The topological polar surface area (TPSA) is 75.6 Å². The Morgan fingerprint density at radius 1 is 1.16 bits per heavy atom. The molecule has 2 N–H and O–H groups in total. The minimum atomic E-state index is -0.827. The van der Waals surface area contributed by atoms with E-state index in [0.717, 1.165) is 5.75 Å². The second-order valence-electron chi connectivity index (χ2n) is 4.11. The molecule has 0 heterocycles. The van der Waals surface area contributed by atoms with Gasteiger partial charge in [-0.05, 0) is 44.0 Å². The smallest absolute Gasteiger partial charge is 0.303 e. The molecule has 5 nitrogen and oxygen atoms in total. The molecule has 0 aliphatic heterocycles. The number of amides is 1. The number of unbranched alkanes of at least 4 members (excludes halogenated alkanes) is 1. The van der Waals surface area contributed by atoms with E-state index in [-0.39, 0.29) is 12.3 Å². The summed E-state index contributed by atoms with van der Waals surface area (Å²) in [7, 11) is 0. The Balaban J connectivity index is 2.29. The van der Waals surface area contributed by atoms with Crippen molar-refractivity contribution in [3.8, 4) is 5.75 Å². The van der Waals surface area contributed by atoms with E-state index in [1.807, 2.05) is 6.92 Å². The van der Waals surface area contributed by atoms with Gasteiger partial charge in [0.15, 0.2) is 0 Å². The SMILES string of the molecule is CCOc1ccc(NC(=O)CCCCC(=O)O)cc1. The van der Waals surface area contributed by atoms with E-state index in [0.29, 0.717) is 31.6 Å². The molecule has 0 aliphatic rings. The van der Waals surface area contributed by atoms with E-state index >= 15 is 0 Å². The Morgan fingerprint density at radius 2 is 1.79 bits per heavy atom. The highest BCUT2D eigenvalue weighted by Gasteiger charge is 2.04. The summed E-state index contributed by atoms with van der Waals surface area (Å²) in [6.07, 6.45) is 1.54. The van der Waals surface area contributed by atoms with Crippen LogP contribution in [0.1, 0.15) is 32.6 Å². The van der Waals surface area contributed by atoms with E-state index in [9.17, 15) is 9.59 Å². The molecule has 19 heavy (non-hydrogen) atoms. The number of hydrogen-bond donors (Lipinski definition) is 2. The predicted octanol–water partition coefficient (Wildman–Crippen LogP) is 2.67. The van der Waals surface area contributed by atoms with E-state index in [1.165, 1.54) is 0 Å². The van der Waals surface area contributed by atoms with Gasteiger partial charge in [0.1, 0.15) is 5.75 Å².